The maximum Gasteiger partial charge on any atom is 0.417 e. The molecule has 0 aliphatic heterocycles. The molecule has 0 saturated heterocycles. The zero-order valence-corrected chi connectivity index (χ0v) is 20.7. The summed E-state index contributed by atoms with van der Waals surface area (Å²) in [4.78, 5) is 18.5. The van der Waals surface area contributed by atoms with Crippen molar-refractivity contribution in [1.82, 2.24) is 9.97 Å². The van der Waals surface area contributed by atoms with E-state index in [9.17, 15) is 35.9 Å². The van der Waals surface area contributed by atoms with Gasteiger partial charge < -0.3 is 15.8 Å². The highest BCUT2D eigenvalue weighted by atomic mass is 32.2. The zero-order valence-electron chi connectivity index (χ0n) is 19.9. The van der Waals surface area contributed by atoms with Gasteiger partial charge in [0.2, 0.25) is 5.91 Å². The maximum absolute atomic E-state index is 14.2. The van der Waals surface area contributed by atoms with E-state index in [4.69, 9.17) is 5.73 Å². The van der Waals surface area contributed by atoms with Crippen LogP contribution < -0.4 is 5.73 Å². The van der Waals surface area contributed by atoms with Crippen LogP contribution >= 0.6 is 0 Å². The van der Waals surface area contributed by atoms with Crippen LogP contribution in [0.25, 0.3) is 10.9 Å². The predicted octanol–water partition coefficient (Wildman–Crippen LogP) is 4.19. The minimum Gasteiger partial charge on any atom is -0.380 e. The van der Waals surface area contributed by atoms with Gasteiger partial charge in [0.05, 0.1) is 17.5 Å². The number of aromatic nitrogens is 2. The number of pyridine rings is 1. The van der Waals surface area contributed by atoms with Crippen molar-refractivity contribution in [2.45, 2.75) is 62.3 Å². The summed E-state index contributed by atoms with van der Waals surface area (Å²) in [5.41, 5.74) is 0.699. The second kappa shape index (κ2) is 9.47. The fourth-order valence-electron chi connectivity index (χ4n) is 4.42. The molecule has 0 aliphatic carbocycles. The molecule has 196 valence electrons. The van der Waals surface area contributed by atoms with Crippen LogP contribution in [0.15, 0.2) is 41.6 Å². The molecule has 4 N–H and O–H groups in total. The van der Waals surface area contributed by atoms with Gasteiger partial charge in [-0.05, 0) is 48.1 Å². The van der Waals surface area contributed by atoms with Gasteiger partial charge in [-0.15, -0.1) is 0 Å². The van der Waals surface area contributed by atoms with Crippen molar-refractivity contribution in [3.8, 4) is 0 Å². The number of nitrogens with two attached hydrogens (primary N) is 1. The van der Waals surface area contributed by atoms with Gasteiger partial charge in [-0.2, -0.15) is 13.2 Å². The van der Waals surface area contributed by atoms with Crippen molar-refractivity contribution in [2.75, 3.05) is 5.75 Å². The number of amides is 1. The Balaban J connectivity index is 2.00. The number of fused-ring (bicyclic) bond motifs is 1. The average Bonchev–Trinajstić information content (AvgIpc) is 3.13. The molecule has 7 nitrogen and oxygen atoms in total. The first-order chi connectivity index (χ1) is 16.5. The molecule has 2 heterocycles. The van der Waals surface area contributed by atoms with Crippen LogP contribution in [0, 0.1) is 5.82 Å². The van der Waals surface area contributed by atoms with Crippen LogP contribution in [-0.4, -0.2) is 46.9 Å². The van der Waals surface area contributed by atoms with Gasteiger partial charge in [0.1, 0.15) is 5.82 Å². The number of nitrogens with one attached hydrogen (secondary N) is 1. The van der Waals surface area contributed by atoms with E-state index in [1.54, 1.807) is 6.92 Å². The number of nitrogens with zero attached hydrogens (tertiary/aromatic N) is 1. The lowest BCUT2D eigenvalue weighted by atomic mass is 9.72. The van der Waals surface area contributed by atoms with Crippen molar-refractivity contribution in [2.24, 2.45) is 5.73 Å². The van der Waals surface area contributed by atoms with Crippen LogP contribution in [0.3, 0.4) is 0 Å². The number of carbonyl (C=O) groups is 1. The SMILES string of the molecule is CCCS(=O)(=O)c1cc2cc(CC(O)(CC(C)(C)c3ccc(F)cc3C(N)=O)C(F)(F)F)[nH]c2cn1. The normalized spacial score (nSPS) is 14.7. The highest BCUT2D eigenvalue weighted by Gasteiger charge is 2.56. The molecule has 0 saturated carbocycles. The molecule has 1 amide bonds. The number of benzene rings is 1. The first-order valence-electron chi connectivity index (χ1n) is 11.1. The number of halogens is 4. The number of aliphatic hydroxyl groups is 1. The Labute approximate surface area is 205 Å². The van der Waals surface area contributed by atoms with E-state index < -0.39 is 51.6 Å². The summed E-state index contributed by atoms with van der Waals surface area (Å²) < 4.78 is 80.9. The molecule has 12 heteroatoms. The molecule has 36 heavy (non-hydrogen) atoms. The van der Waals surface area contributed by atoms with Gasteiger partial charge >= 0.3 is 6.18 Å². The number of primary amides is 1. The van der Waals surface area contributed by atoms with E-state index in [0.29, 0.717) is 17.3 Å². The Morgan fingerprint density at radius 2 is 1.83 bits per heavy atom. The minimum atomic E-state index is -5.08. The molecule has 3 aromatic rings. The molecule has 0 spiro atoms. The van der Waals surface area contributed by atoms with Crippen molar-refractivity contribution in [3.05, 3.63) is 59.2 Å². The molecule has 1 aromatic carbocycles. The Morgan fingerprint density at radius 1 is 1.17 bits per heavy atom. The molecule has 0 radical (unpaired) electrons. The number of aromatic amines is 1. The summed E-state index contributed by atoms with van der Waals surface area (Å²) in [5.74, 6) is -1.91. The second-order valence-corrected chi connectivity index (χ2v) is 11.6. The van der Waals surface area contributed by atoms with E-state index in [1.807, 2.05) is 0 Å². The van der Waals surface area contributed by atoms with E-state index >= 15 is 0 Å². The van der Waals surface area contributed by atoms with E-state index in [-0.39, 0.29) is 27.6 Å². The fourth-order valence-corrected chi connectivity index (χ4v) is 5.69. The smallest absolute Gasteiger partial charge is 0.380 e. The molecule has 2 aromatic heterocycles. The third-order valence-corrected chi connectivity index (χ3v) is 7.85. The number of rotatable bonds is 9. The lowest BCUT2D eigenvalue weighted by molar-refractivity contribution is -0.266. The van der Waals surface area contributed by atoms with Crippen molar-refractivity contribution >= 4 is 26.6 Å². The van der Waals surface area contributed by atoms with Crippen molar-refractivity contribution < 1.29 is 35.9 Å². The van der Waals surface area contributed by atoms with E-state index in [0.717, 1.165) is 12.1 Å². The summed E-state index contributed by atoms with van der Waals surface area (Å²) in [6, 6.07) is 5.64. The molecule has 0 bridgehead atoms. The van der Waals surface area contributed by atoms with E-state index in [1.165, 1.54) is 38.2 Å². The lowest BCUT2D eigenvalue weighted by Gasteiger charge is -2.38. The fraction of sp³-hybridized carbons (Fsp3) is 0.417. The van der Waals surface area contributed by atoms with Crippen LogP contribution in [0.2, 0.25) is 0 Å². The van der Waals surface area contributed by atoms with Crippen LogP contribution in [0.1, 0.15) is 55.2 Å². The monoisotopic (exact) mass is 529 g/mol. The van der Waals surface area contributed by atoms with Crippen molar-refractivity contribution in [3.63, 3.8) is 0 Å². The standard InChI is InChI=1S/C24H27F4N3O4S/c1-4-7-36(34,35)20-9-14-8-16(31-19(14)12-30-20)11-23(33,24(26,27)28)13-22(2,3)18-6-5-15(25)10-17(18)21(29)32/h5-6,8-10,12,31,33H,4,7,11,13H2,1-3H3,(H2,29,32). The van der Waals surface area contributed by atoms with Gasteiger partial charge in [0, 0.05) is 23.1 Å². The third kappa shape index (κ3) is 5.54. The summed E-state index contributed by atoms with van der Waals surface area (Å²) in [6.07, 6.45) is -5.25. The Hall–Kier alpha value is -2.99. The number of carbonyl (C=O) groups excluding carboxylic acids is 1. The number of H-pyrrole nitrogens is 1. The first-order valence-corrected chi connectivity index (χ1v) is 12.7. The maximum atomic E-state index is 14.2. The van der Waals surface area contributed by atoms with Crippen LogP contribution in [-0.2, 0) is 21.7 Å². The van der Waals surface area contributed by atoms with Gasteiger partial charge in [0.25, 0.3) is 0 Å². The summed E-state index contributed by atoms with van der Waals surface area (Å²) >= 11 is 0. The largest absolute Gasteiger partial charge is 0.417 e. The summed E-state index contributed by atoms with van der Waals surface area (Å²) in [6.45, 7) is 4.48. The van der Waals surface area contributed by atoms with Gasteiger partial charge in [0.15, 0.2) is 20.5 Å². The lowest BCUT2D eigenvalue weighted by Crippen LogP contribution is -2.51. The number of hydrogen-bond donors (Lipinski definition) is 3. The molecule has 0 aliphatic rings. The molecular weight excluding hydrogens is 502 g/mol. The quantitative estimate of drug-likeness (QED) is 0.359. The zero-order chi connectivity index (χ0) is 27.1. The minimum absolute atomic E-state index is 0.00157. The topological polar surface area (TPSA) is 126 Å². The first kappa shape index (κ1) is 27.6. The second-order valence-electron chi connectivity index (χ2n) is 9.54. The molecule has 1 atom stereocenters. The van der Waals surface area contributed by atoms with Crippen LogP contribution in [0.5, 0.6) is 0 Å². The average molecular weight is 530 g/mol. The van der Waals surface area contributed by atoms with Gasteiger partial charge in [-0.25, -0.2) is 17.8 Å². The number of sulfone groups is 1. The molecule has 1 unspecified atom stereocenters. The van der Waals surface area contributed by atoms with Crippen LogP contribution in [0.4, 0.5) is 17.6 Å². The summed E-state index contributed by atoms with van der Waals surface area (Å²) in [5, 5.41) is 11.1. The predicted molar refractivity (Wildman–Crippen MR) is 126 cm³/mol. The molecule has 3 rings (SSSR count). The Morgan fingerprint density at radius 3 is 2.42 bits per heavy atom. The number of alkyl halides is 3. The summed E-state index contributed by atoms with van der Waals surface area (Å²) in [7, 11) is -3.64. The Bertz CT molecular complexity index is 1400. The van der Waals surface area contributed by atoms with Gasteiger partial charge in [-0.3, -0.25) is 4.79 Å². The molecule has 0 fully saturated rings. The van der Waals surface area contributed by atoms with Crippen molar-refractivity contribution in [1.29, 1.82) is 0 Å². The van der Waals surface area contributed by atoms with Gasteiger partial charge in [-0.1, -0.05) is 26.8 Å². The highest BCUT2D eigenvalue weighted by molar-refractivity contribution is 7.91. The van der Waals surface area contributed by atoms with E-state index in [2.05, 4.69) is 9.97 Å². The Kier molecular flexibility index (Phi) is 7.26. The third-order valence-electron chi connectivity index (χ3n) is 6.05. The highest BCUT2D eigenvalue weighted by Crippen LogP contribution is 2.44. The molecular formula is C24H27F4N3O4S. The number of hydrogen-bond acceptors (Lipinski definition) is 5.